The summed E-state index contributed by atoms with van der Waals surface area (Å²) in [7, 11) is 0. The van der Waals surface area contributed by atoms with Gasteiger partial charge in [0.1, 0.15) is 5.82 Å². The molecular formula is C23H24N4. The van der Waals surface area contributed by atoms with Crippen LogP contribution in [-0.4, -0.2) is 20.6 Å². The number of allylic oxidation sites excluding steroid dienone is 3. The van der Waals surface area contributed by atoms with Crippen LogP contribution in [0.15, 0.2) is 54.1 Å². The van der Waals surface area contributed by atoms with Crippen LogP contribution in [0.4, 0.5) is 0 Å². The number of aromatic nitrogens is 4. The molecule has 1 aromatic heterocycles. The molecule has 4 rings (SSSR count). The fourth-order valence-electron chi connectivity index (χ4n) is 3.73. The van der Waals surface area contributed by atoms with Gasteiger partial charge in [-0.1, -0.05) is 62.4 Å². The molecule has 0 aliphatic heterocycles. The van der Waals surface area contributed by atoms with Crippen molar-refractivity contribution in [1.82, 2.24) is 20.6 Å². The molecule has 0 atom stereocenters. The summed E-state index contributed by atoms with van der Waals surface area (Å²) in [5.74, 6) is 1.38. The Bertz CT molecular complexity index is 993. The summed E-state index contributed by atoms with van der Waals surface area (Å²) >= 11 is 0. The van der Waals surface area contributed by atoms with E-state index in [4.69, 9.17) is 0 Å². The van der Waals surface area contributed by atoms with Crippen molar-refractivity contribution in [3.63, 3.8) is 0 Å². The molecule has 27 heavy (non-hydrogen) atoms. The highest BCUT2D eigenvalue weighted by Gasteiger charge is 2.23. The third kappa shape index (κ3) is 3.47. The Morgan fingerprint density at radius 2 is 1.70 bits per heavy atom. The first-order chi connectivity index (χ1) is 13.1. The van der Waals surface area contributed by atoms with E-state index < -0.39 is 0 Å². The number of rotatable bonds is 5. The standard InChI is InChI=1S/C23H24N4/c1-15(2)18-10-8-17(9-11-18)14-22-16(3)19(12-13-23-24-26-27-25-23)20-6-4-5-7-21(20)22/h4-11,14-15H,12-13H2,1-3H3,(H,24,25,26,27)/b22-14-. The predicted molar refractivity (Wildman–Crippen MR) is 110 cm³/mol. The number of aromatic amines is 1. The summed E-state index contributed by atoms with van der Waals surface area (Å²) in [6.45, 7) is 6.68. The van der Waals surface area contributed by atoms with E-state index in [1.165, 1.54) is 39.0 Å². The minimum absolute atomic E-state index is 0.553. The summed E-state index contributed by atoms with van der Waals surface area (Å²) in [4.78, 5) is 0. The number of hydrogen-bond acceptors (Lipinski definition) is 3. The normalized spacial score (nSPS) is 15.0. The molecule has 2 aromatic carbocycles. The van der Waals surface area contributed by atoms with Crippen LogP contribution in [0, 0.1) is 0 Å². The van der Waals surface area contributed by atoms with E-state index in [0.29, 0.717) is 5.92 Å². The van der Waals surface area contributed by atoms with Crippen LogP contribution in [0.1, 0.15) is 61.2 Å². The zero-order chi connectivity index (χ0) is 18.8. The Kier molecular flexibility index (Phi) is 4.71. The molecule has 0 fully saturated rings. The van der Waals surface area contributed by atoms with Crippen molar-refractivity contribution >= 4 is 17.2 Å². The smallest absolute Gasteiger partial charge is 0.148 e. The molecule has 4 heteroatoms. The van der Waals surface area contributed by atoms with Gasteiger partial charge in [-0.2, -0.15) is 0 Å². The van der Waals surface area contributed by atoms with E-state index in [0.717, 1.165) is 18.7 Å². The molecule has 1 aliphatic carbocycles. The number of H-pyrrole nitrogens is 1. The van der Waals surface area contributed by atoms with Crippen LogP contribution in [0.25, 0.3) is 17.2 Å². The third-order valence-electron chi connectivity index (χ3n) is 5.31. The molecule has 0 spiro atoms. The Morgan fingerprint density at radius 1 is 0.963 bits per heavy atom. The van der Waals surface area contributed by atoms with Gasteiger partial charge in [0.2, 0.25) is 0 Å². The first-order valence-corrected chi connectivity index (χ1v) is 9.47. The maximum atomic E-state index is 4.01. The predicted octanol–water partition coefficient (Wildman–Crippen LogP) is 5.28. The quantitative estimate of drug-likeness (QED) is 0.676. The van der Waals surface area contributed by atoms with Crippen LogP contribution in [0.5, 0.6) is 0 Å². The summed E-state index contributed by atoms with van der Waals surface area (Å²) in [5.41, 5.74) is 9.29. The number of tetrazole rings is 1. The lowest BCUT2D eigenvalue weighted by Gasteiger charge is -2.07. The van der Waals surface area contributed by atoms with Gasteiger partial charge in [-0.15, -0.1) is 5.10 Å². The second-order valence-corrected chi connectivity index (χ2v) is 7.38. The number of hydrogen-bond donors (Lipinski definition) is 1. The molecule has 0 unspecified atom stereocenters. The highest BCUT2D eigenvalue weighted by molar-refractivity contribution is 6.05. The fourth-order valence-corrected chi connectivity index (χ4v) is 3.73. The largest absolute Gasteiger partial charge is 0.243 e. The molecular weight excluding hydrogens is 332 g/mol. The number of nitrogens with zero attached hydrogens (tertiary/aromatic N) is 3. The summed E-state index contributed by atoms with van der Waals surface area (Å²) in [6, 6.07) is 17.6. The Hall–Kier alpha value is -3.01. The molecule has 1 aliphatic rings. The number of aryl methyl sites for hydroxylation is 1. The third-order valence-corrected chi connectivity index (χ3v) is 5.31. The number of fused-ring (bicyclic) bond motifs is 1. The van der Waals surface area contributed by atoms with Crippen molar-refractivity contribution in [3.8, 4) is 0 Å². The Morgan fingerprint density at radius 3 is 2.37 bits per heavy atom. The van der Waals surface area contributed by atoms with E-state index in [2.05, 4.69) is 96.0 Å². The summed E-state index contributed by atoms with van der Waals surface area (Å²) in [6.07, 6.45) is 4.04. The molecule has 0 radical (unpaired) electrons. The second-order valence-electron chi connectivity index (χ2n) is 7.38. The second kappa shape index (κ2) is 7.31. The van der Waals surface area contributed by atoms with Crippen LogP contribution >= 0.6 is 0 Å². The van der Waals surface area contributed by atoms with Gasteiger partial charge < -0.3 is 0 Å². The van der Waals surface area contributed by atoms with E-state index in [1.54, 1.807) is 0 Å². The number of benzene rings is 2. The van der Waals surface area contributed by atoms with Gasteiger partial charge in [-0.05, 0) is 74.7 Å². The molecule has 4 nitrogen and oxygen atoms in total. The van der Waals surface area contributed by atoms with Gasteiger partial charge in [0.15, 0.2) is 0 Å². The van der Waals surface area contributed by atoms with Crippen molar-refractivity contribution in [3.05, 3.63) is 82.2 Å². The highest BCUT2D eigenvalue weighted by atomic mass is 15.5. The molecule has 0 bridgehead atoms. The molecule has 0 saturated carbocycles. The molecule has 1 N–H and O–H groups in total. The lowest BCUT2D eigenvalue weighted by atomic mass is 9.98. The number of nitrogens with one attached hydrogen (secondary N) is 1. The zero-order valence-corrected chi connectivity index (χ0v) is 16.0. The summed E-state index contributed by atoms with van der Waals surface area (Å²) in [5, 5.41) is 14.2. The van der Waals surface area contributed by atoms with Crippen molar-refractivity contribution in [1.29, 1.82) is 0 Å². The summed E-state index contributed by atoms with van der Waals surface area (Å²) < 4.78 is 0. The van der Waals surface area contributed by atoms with Crippen molar-refractivity contribution in [2.24, 2.45) is 0 Å². The van der Waals surface area contributed by atoms with Crippen LogP contribution < -0.4 is 0 Å². The average Bonchev–Trinajstić information content (AvgIpc) is 3.28. The minimum atomic E-state index is 0.553. The maximum absolute atomic E-state index is 4.01. The van der Waals surface area contributed by atoms with Crippen LogP contribution in [0.3, 0.4) is 0 Å². The van der Waals surface area contributed by atoms with E-state index in [1.807, 2.05) is 0 Å². The van der Waals surface area contributed by atoms with Gasteiger partial charge in [-0.3, -0.25) is 0 Å². The van der Waals surface area contributed by atoms with E-state index in [-0.39, 0.29) is 0 Å². The molecule has 3 aromatic rings. The average molecular weight is 356 g/mol. The van der Waals surface area contributed by atoms with E-state index in [9.17, 15) is 0 Å². The SMILES string of the molecule is CC1=C(CCc2nnn[nH]2)c2ccccc2/C1=C\c1ccc(C(C)C)cc1. The van der Waals surface area contributed by atoms with Gasteiger partial charge in [0.25, 0.3) is 0 Å². The van der Waals surface area contributed by atoms with Crippen molar-refractivity contribution in [2.45, 2.75) is 39.5 Å². The molecule has 0 amide bonds. The molecule has 0 saturated heterocycles. The van der Waals surface area contributed by atoms with E-state index >= 15 is 0 Å². The zero-order valence-electron chi connectivity index (χ0n) is 16.0. The minimum Gasteiger partial charge on any atom is -0.243 e. The molecule has 1 heterocycles. The highest BCUT2D eigenvalue weighted by Crippen LogP contribution is 2.43. The molecule has 136 valence electrons. The monoisotopic (exact) mass is 356 g/mol. The van der Waals surface area contributed by atoms with Gasteiger partial charge in [-0.25, -0.2) is 5.10 Å². The van der Waals surface area contributed by atoms with Crippen molar-refractivity contribution in [2.75, 3.05) is 0 Å². The first kappa shape index (κ1) is 17.4. The topological polar surface area (TPSA) is 54.5 Å². The van der Waals surface area contributed by atoms with Gasteiger partial charge in [0, 0.05) is 6.42 Å². The fraction of sp³-hybridized carbons (Fsp3) is 0.261. The maximum Gasteiger partial charge on any atom is 0.148 e. The Balaban J connectivity index is 1.69. The Labute approximate surface area is 160 Å². The van der Waals surface area contributed by atoms with Gasteiger partial charge >= 0.3 is 0 Å². The van der Waals surface area contributed by atoms with Crippen LogP contribution in [0.2, 0.25) is 0 Å². The van der Waals surface area contributed by atoms with Crippen molar-refractivity contribution < 1.29 is 0 Å². The first-order valence-electron chi connectivity index (χ1n) is 9.47. The lowest BCUT2D eigenvalue weighted by molar-refractivity contribution is 0.866. The lowest BCUT2D eigenvalue weighted by Crippen LogP contribution is -1.92. The van der Waals surface area contributed by atoms with Gasteiger partial charge in [0.05, 0.1) is 0 Å². The van der Waals surface area contributed by atoms with Crippen LogP contribution in [-0.2, 0) is 6.42 Å².